The molecule has 2 heterocycles. The standard InChI is InChI=1S/C71H91N9O11/c1-43(2)56(37-45(5)68(88)89)79(13)67(87)64(70(6,7)8)77-66(86)63(73-11)71(9,10)54-41-78(12)57-38-46(26-32-53(54)57)27-35-61(84)91-42-47-24-30-52(31-25-47)75-65(85)50(22-18-36-74-69(72)90)39-58(81)62(44(3)4)76-59(82)33-34-60(83)80-40-51-21-15-14-19-48(51)28-29-49-20-16-17-23-55(49)80/h14-17,19-21,23-26,30-32,37-38,41,43-44,50,56,62-64,73H,18,22,27,33-36,39-40,42H2,1-13H3,(H,75,85)(H,76,82)(H,77,86)(H,88,89)(H3,72,74,90)/b45-37+/t50-,56-,62+,63?,64-/m1/s1. The summed E-state index contributed by atoms with van der Waals surface area (Å²) >= 11 is 0. The third-order valence-electron chi connectivity index (χ3n) is 16.8. The van der Waals surface area contributed by atoms with E-state index in [0.29, 0.717) is 35.3 Å². The van der Waals surface area contributed by atoms with Crippen molar-refractivity contribution in [3.63, 3.8) is 0 Å². The number of urea groups is 1. The number of aliphatic carboxylic acids is 1. The van der Waals surface area contributed by atoms with Crippen LogP contribution in [-0.2, 0) is 75.1 Å². The number of hydrogen-bond donors (Lipinski definition) is 7. The first-order valence-electron chi connectivity index (χ1n) is 31.1. The molecule has 0 spiro atoms. The van der Waals surface area contributed by atoms with Crippen LogP contribution in [0, 0.1) is 35.0 Å². The van der Waals surface area contributed by atoms with Gasteiger partial charge in [-0.05, 0) is 109 Å². The van der Waals surface area contributed by atoms with Gasteiger partial charge in [-0.25, -0.2) is 9.59 Å². The molecule has 6 rings (SSSR count). The molecule has 1 unspecified atom stereocenters. The second kappa shape index (κ2) is 31.6. The largest absolute Gasteiger partial charge is 0.478 e. The number of aromatic nitrogens is 1. The number of nitrogens with one attached hydrogen (secondary N) is 5. The molecule has 0 fully saturated rings. The van der Waals surface area contributed by atoms with Crippen LogP contribution in [0.3, 0.4) is 0 Å². The maximum Gasteiger partial charge on any atom is 0.331 e. The quantitative estimate of drug-likeness (QED) is 0.0103. The van der Waals surface area contributed by atoms with Crippen LogP contribution < -0.4 is 37.2 Å². The van der Waals surface area contributed by atoms with Crippen molar-refractivity contribution in [1.29, 1.82) is 0 Å². The summed E-state index contributed by atoms with van der Waals surface area (Å²) in [5.41, 5.74) is 10.7. The first-order chi connectivity index (χ1) is 42.9. The third kappa shape index (κ3) is 19.0. The van der Waals surface area contributed by atoms with Gasteiger partial charge in [0.25, 0.3) is 0 Å². The highest BCUT2D eigenvalue weighted by Crippen LogP contribution is 2.36. The van der Waals surface area contributed by atoms with E-state index in [1.807, 2.05) is 133 Å². The number of nitrogens with two attached hydrogens (primary N) is 1. The second-order valence-corrected chi connectivity index (χ2v) is 25.9. The number of amides is 7. The van der Waals surface area contributed by atoms with Gasteiger partial charge >= 0.3 is 18.0 Å². The molecule has 1 aliphatic heterocycles. The smallest absolute Gasteiger partial charge is 0.331 e. The summed E-state index contributed by atoms with van der Waals surface area (Å²) in [6.07, 6.45) is 4.06. The molecule has 0 bridgehead atoms. The van der Waals surface area contributed by atoms with Gasteiger partial charge in [-0.15, -0.1) is 0 Å². The fourth-order valence-corrected chi connectivity index (χ4v) is 11.5. The fourth-order valence-electron chi connectivity index (χ4n) is 11.5. The van der Waals surface area contributed by atoms with E-state index in [0.717, 1.165) is 33.2 Å². The van der Waals surface area contributed by atoms with Crippen molar-refractivity contribution in [2.45, 2.75) is 157 Å². The molecule has 0 saturated heterocycles. The van der Waals surface area contributed by atoms with Crippen LogP contribution in [0.2, 0.25) is 0 Å². The summed E-state index contributed by atoms with van der Waals surface area (Å²) in [5.74, 6) is 1.27. The lowest BCUT2D eigenvalue weighted by Crippen LogP contribution is -2.61. The summed E-state index contributed by atoms with van der Waals surface area (Å²) < 4.78 is 7.65. The predicted molar refractivity (Wildman–Crippen MR) is 352 cm³/mol. The molecule has 486 valence electrons. The molecule has 7 amide bonds. The fraction of sp³-hybridized carbons (Fsp3) is 0.451. The number of fused-ring (bicyclic) bond motifs is 3. The maximum absolute atomic E-state index is 14.4. The van der Waals surface area contributed by atoms with E-state index in [1.165, 1.54) is 11.8 Å². The Morgan fingerprint density at radius 3 is 2.08 bits per heavy atom. The minimum absolute atomic E-state index is 0.0252. The number of ketones is 1. The number of benzene rings is 4. The van der Waals surface area contributed by atoms with Crippen LogP contribution in [0.25, 0.3) is 10.9 Å². The molecular weight excluding hydrogens is 1150 g/mol. The molecule has 5 atom stereocenters. The number of rotatable bonds is 29. The highest BCUT2D eigenvalue weighted by atomic mass is 16.5. The van der Waals surface area contributed by atoms with Crippen molar-refractivity contribution in [3.8, 4) is 11.8 Å². The molecule has 1 aliphatic rings. The van der Waals surface area contributed by atoms with Crippen molar-refractivity contribution in [3.05, 3.63) is 142 Å². The van der Waals surface area contributed by atoms with Crippen LogP contribution in [-0.4, -0.2) is 113 Å². The molecule has 5 aromatic rings. The van der Waals surface area contributed by atoms with Gasteiger partial charge in [0.05, 0.1) is 30.4 Å². The lowest BCUT2D eigenvalue weighted by atomic mass is 9.76. The van der Waals surface area contributed by atoms with Gasteiger partial charge in [0.2, 0.25) is 29.5 Å². The summed E-state index contributed by atoms with van der Waals surface area (Å²) in [5, 5.41) is 25.0. The van der Waals surface area contributed by atoms with E-state index in [-0.39, 0.29) is 92.7 Å². The monoisotopic (exact) mass is 1250 g/mol. The molecule has 1 aromatic heterocycles. The second-order valence-electron chi connectivity index (χ2n) is 25.9. The Labute approximate surface area is 534 Å². The topological polar surface area (TPSA) is 281 Å². The number of carbonyl (C=O) groups is 9. The zero-order chi connectivity index (χ0) is 67.1. The minimum atomic E-state index is -1.07. The van der Waals surface area contributed by atoms with E-state index in [9.17, 15) is 48.3 Å². The number of aryl methyl sites for hydroxylation is 2. The van der Waals surface area contributed by atoms with Crippen molar-refractivity contribution in [2.24, 2.45) is 36.0 Å². The van der Waals surface area contributed by atoms with Gasteiger partial charge in [0, 0.05) is 97.1 Å². The van der Waals surface area contributed by atoms with Crippen molar-refractivity contribution >= 4 is 75.6 Å². The van der Waals surface area contributed by atoms with E-state index in [1.54, 1.807) is 63.2 Å². The highest BCUT2D eigenvalue weighted by Gasteiger charge is 2.43. The number of anilines is 2. The Hall–Kier alpha value is -9.09. The summed E-state index contributed by atoms with van der Waals surface area (Å²) in [6, 6.07) is 23.7. The normalized spacial score (nSPS) is 14.0. The molecule has 8 N–H and O–H groups in total. The Morgan fingerprint density at radius 2 is 1.44 bits per heavy atom. The lowest BCUT2D eigenvalue weighted by Gasteiger charge is -2.39. The molecule has 0 radical (unpaired) electrons. The number of esters is 1. The van der Waals surface area contributed by atoms with E-state index in [2.05, 4.69) is 38.4 Å². The predicted octanol–water partition coefficient (Wildman–Crippen LogP) is 8.59. The van der Waals surface area contributed by atoms with Crippen LogP contribution >= 0.6 is 0 Å². The third-order valence-corrected chi connectivity index (χ3v) is 16.8. The number of nitrogens with zero attached hydrogens (tertiary/aromatic N) is 3. The average Bonchev–Trinajstić information content (AvgIpc) is 1.66. The maximum atomic E-state index is 14.4. The van der Waals surface area contributed by atoms with E-state index < -0.39 is 70.7 Å². The Kier molecular flexibility index (Phi) is 24.6. The minimum Gasteiger partial charge on any atom is -0.478 e. The van der Waals surface area contributed by atoms with Crippen LogP contribution in [0.1, 0.15) is 141 Å². The average molecular weight is 1250 g/mol. The number of para-hydroxylation sites is 1. The summed E-state index contributed by atoms with van der Waals surface area (Å²) in [6.45, 7) is 18.9. The van der Waals surface area contributed by atoms with Crippen LogP contribution in [0.15, 0.2) is 109 Å². The number of Topliss-reactive ketones (excluding diaryl/α,β-unsaturated/α-hetero) is 1. The van der Waals surface area contributed by atoms with Crippen molar-refractivity contribution in [1.82, 2.24) is 30.7 Å². The number of hydrogen-bond acceptors (Lipinski definition) is 11. The zero-order valence-corrected chi connectivity index (χ0v) is 54.9. The van der Waals surface area contributed by atoms with Crippen LogP contribution in [0.5, 0.6) is 0 Å². The number of carbonyl (C=O) groups excluding carboxylic acids is 8. The number of ether oxygens (including phenoxy) is 1. The number of carboxylic acids is 1. The molecule has 20 nitrogen and oxygen atoms in total. The number of carboxylic acid groups (broad SMARTS) is 1. The zero-order valence-electron chi connectivity index (χ0n) is 54.9. The van der Waals surface area contributed by atoms with Crippen molar-refractivity contribution in [2.75, 3.05) is 30.9 Å². The van der Waals surface area contributed by atoms with Crippen LogP contribution in [0.4, 0.5) is 16.2 Å². The molecule has 4 aromatic carbocycles. The van der Waals surface area contributed by atoms with Gasteiger partial charge in [-0.1, -0.05) is 135 Å². The van der Waals surface area contributed by atoms with Gasteiger partial charge in [-0.3, -0.25) is 33.6 Å². The SMILES string of the molecule is CNC(C(=O)N[C@H](C(=O)N(C)[C@H](/C=C(\C)C(=O)O)C(C)C)C(C)(C)C)C(C)(C)c1cn(C)c2cc(CCC(=O)OCc3ccc(NC(=O)[C@H](CCCNC(N)=O)CC(=O)[C@@H](NC(=O)CCC(=O)N4Cc5ccccc5C#Cc5ccccc54)C(C)C)cc3)ccc12. The van der Waals surface area contributed by atoms with Gasteiger partial charge in [-0.2, -0.15) is 0 Å². The molecule has 91 heavy (non-hydrogen) atoms. The lowest BCUT2D eigenvalue weighted by molar-refractivity contribution is -0.145. The van der Waals surface area contributed by atoms with Crippen molar-refractivity contribution < 1.29 is 53.0 Å². The first kappa shape index (κ1) is 71.0. The number of likely N-dealkylation sites (N-methyl/N-ethyl adjacent to an activating group) is 2. The van der Waals surface area contributed by atoms with Gasteiger partial charge in [0.15, 0.2) is 5.78 Å². The Bertz CT molecular complexity index is 3580. The summed E-state index contributed by atoms with van der Waals surface area (Å²) in [7, 11) is 5.25. The number of primary amides is 1. The molecular formula is C71H91N9O11. The van der Waals surface area contributed by atoms with Gasteiger partial charge in [0.1, 0.15) is 12.6 Å². The highest BCUT2D eigenvalue weighted by molar-refractivity contribution is 6.00. The Morgan fingerprint density at radius 1 is 0.791 bits per heavy atom. The first-order valence-corrected chi connectivity index (χ1v) is 31.1. The van der Waals surface area contributed by atoms with E-state index >= 15 is 0 Å². The summed E-state index contributed by atoms with van der Waals surface area (Å²) in [4.78, 5) is 124. The molecule has 20 heteroatoms. The molecule has 0 aliphatic carbocycles. The van der Waals surface area contributed by atoms with Gasteiger partial charge < -0.3 is 56.5 Å². The Balaban J connectivity index is 1.03. The van der Waals surface area contributed by atoms with E-state index in [4.69, 9.17) is 10.5 Å². The molecule has 0 saturated carbocycles.